The maximum absolute atomic E-state index is 2.74. The lowest BCUT2D eigenvalue weighted by atomic mass is 9.91. The molecular formula is C11H20N2. The lowest BCUT2D eigenvalue weighted by molar-refractivity contribution is 0.0102. The number of piperidine rings is 1. The number of rotatable bonds is 1. The third-order valence-corrected chi connectivity index (χ3v) is 4.24. The molecule has 3 aliphatic rings. The second-order valence-corrected chi connectivity index (χ2v) is 5.44. The molecule has 0 amide bonds. The van der Waals surface area contributed by atoms with Crippen LogP contribution in [0.1, 0.15) is 25.7 Å². The monoisotopic (exact) mass is 180 g/mol. The van der Waals surface area contributed by atoms with Crippen LogP contribution in [-0.2, 0) is 0 Å². The summed E-state index contributed by atoms with van der Waals surface area (Å²) in [5.74, 6) is 0. The van der Waals surface area contributed by atoms with Crippen LogP contribution in [0.5, 0.6) is 0 Å². The van der Waals surface area contributed by atoms with Crippen molar-refractivity contribution in [3.05, 3.63) is 0 Å². The van der Waals surface area contributed by atoms with Crippen molar-refractivity contribution in [3.8, 4) is 0 Å². The van der Waals surface area contributed by atoms with Crippen LogP contribution < -0.4 is 0 Å². The Morgan fingerprint density at radius 3 is 2.23 bits per heavy atom. The second-order valence-electron chi connectivity index (χ2n) is 5.44. The maximum atomic E-state index is 2.74. The van der Waals surface area contributed by atoms with Crippen molar-refractivity contribution in [2.24, 2.45) is 5.41 Å². The predicted octanol–water partition coefficient (Wildman–Crippen LogP) is 1.18. The highest BCUT2D eigenvalue weighted by molar-refractivity contribution is 5.07. The van der Waals surface area contributed by atoms with Gasteiger partial charge in [0, 0.05) is 19.1 Å². The van der Waals surface area contributed by atoms with Crippen molar-refractivity contribution in [2.75, 3.05) is 33.2 Å². The molecule has 2 saturated heterocycles. The van der Waals surface area contributed by atoms with Crippen molar-refractivity contribution < 1.29 is 0 Å². The van der Waals surface area contributed by atoms with Gasteiger partial charge in [0.15, 0.2) is 0 Å². The smallest absolute Gasteiger partial charge is 0.0120 e. The fourth-order valence-electron chi connectivity index (χ4n) is 2.93. The third-order valence-electron chi connectivity index (χ3n) is 4.24. The molecule has 0 atom stereocenters. The fourth-order valence-corrected chi connectivity index (χ4v) is 2.93. The summed E-state index contributed by atoms with van der Waals surface area (Å²) in [4.78, 5) is 5.20. The SMILES string of the molecule is CN1CCC(N2CC3(CC3)C2)CC1. The molecule has 0 radical (unpaired) electrons. The van der Waals surface area contributed by atoms with Gasteiger partial charge in [-0.25, -0.2) is 0 Å². The Morgan fingerprint density at radius 2 is 1.69 bits per heavy atom. The van der Waals surface area contributed by atoms with Crippen LogP contribution >= 0.6 is 0 Å². The van der Waals surface area contributed by atoms with E-state index >= 15 is 0 Å². The first kappa shape index (κ1) is 8.25. The van der Waals surface area contributed by atoms with E-state index in [0.29, 0.717) is 0 Å². The first-order chi connectivity index (χ1) is 6.27. The van der Waals surface area contributed by atoms with E-state index in [1.807, 2.05) is 0 Å². The molecule has 0 bridgehead atoms. The minimum atomic E-state index is 0.851. The van der Waals surface area contributed by atoms with Crippen LogP contribution in [0.15, 0.2) is 0 Å². The van der Waals surface area contributed by atoms with Gasteiger partial charge < -0.3 is 4.90 Å². The molecule has 0 aromatic heterocycles. The number of hydrogen-bond donors (Lipinski definition) is 0. The average molecular weight is 180 g/mol. The first-order valence-corrected chi connectivity index (χ1v) is 5.70. The molecule has 13 heavy (non-hydrogen) atoms. The van der Waals surface area contributed by atoms with Crippen LogP contribution in [0.3, 0.4) is 0 Å². The summed E-state index contributed by atoms with van der Waals surface area (Å²) < 4.78 is 0. The van der Waals surface area contributed by atoms with Gasteiger partial charge in [0.1, 0.15) is 0 Å². The summed E-state index contributed by atoms with van der Waals surface area (Å²) in [6.07, 6.45) is 5.87. The van der Waals surface area contributed by atoms with Gasteiger partial charge in [0.2, 0.25) is 0 Å². The first-order valence-electron chi connectivity index (χ1n) is 5.70. The lowest BCUT2D eigenvalue weighted by Crippen LogP contribution is -2.56. The molecule has 0 aromatic rings. The van der Waals surface area contributed by atoms with Crippen molar-refractivity contribution >= 4 is 0 Å². The molecule has 74 valence electrons. The largest absolute Gasteiger partial charge is 0.306 e. The van der Waals surface area contributed by atoms with E-state index in [2.05, 4.69) is 16.8 Å². The molecular weight excluding hydrogens is 160 g/mol. The molecule has 1 saturated carbocycles. The quantitative estimate of drug-likeness (QED) is 0.598. The Balaban J connectivity index is 1.50. The van der Waals surface area contributed by atoms with Gasteiger partial charge >= 0.3 is 0 Å². The summed E-state index contributed by atoms with van der Waals surface area (Å²) in [7, 11) is 2.24. The Labute approximate surface area is 80.9 Å². The zero-order chi connectivity index (χ0) is 8.89. The highest BCUT2D eigenvalue weighted by Gasteiger charge is 2.53. The minimum Gasteiger partial charge on any atom is -0.306 e. The van der Waals surface area contributed by atoms with E-state index in [1.54, 1.807) is 0 Å². The molecule has 0 N–H and O–H groups in total. The summed E-state index contributed by atoms with van der Waals surface area (Å²) in [6, 6.07) is 0.933. The average Bonchev–Trinajstić information content (AvgIpc) is 2.83. The summed E-state index contributed by atoms with van der Waals surface area (Å²) in [5.41, 5.74) is 0.851. The van der Waals surface area contributed by atoms with Gasteiger partial charge in [-0.15, -0.1) is 0 Å². The molecule has 2 heteroatoms. The molecule has 0 aromatic carbocycles. The molecule has 1 aliphatic carbocycles. The van der Waals surface area contributed by atoms with Gasteiger partial charge in [-0.2, -0.15) is 0 Å². The molecule has 1 spiro atoms. The Kier molecular flexibility index (Phi) is 1.72. The van der Waals surface area contributed by atoms with Crippen molar-refractivity contribution in [3.63, 3.8) is 0 Å². The highest BCUT2D eigenvalue weighted by atomic mass is 15.3. The zero-order valence-electron chi connectivity index (χ0n) is 8.63. The van der Waals surface area contributed by atoms with Gasteiger partial charge in [0.25, 0.3) is 0 Å². The number of hydrogen-bond acceptors (Lipinski definition) is 2. The van der Waals surface area contributed by atoms with E-state index in [9.17, 15) is 0 Å². The van der Waals surface area contributed by atoms with Crippen LogP contribution in [0.2, 0.25) is 0 Å². The zero-order valence-corrected chi connectivity index (χ0v) is 8.63. The molecule has 3 rings (SSSR count). The van der Waals surface area contributed by atoms with E-state index in [0.717, 1.165) is 11.5 Å². The van der Waals surface area contributed by atoms with Gasteiger partial charge in [-0.3, -0.25) is 4.90 Å². The van der Waals surface area contributed by atoms with Crippen molar-refractivity contribution in [1.29, 1.82) is 0 Å². The molecule has 2 heterocycles. The van der Waals surface area contributed by atoms with Crippen molar-refractivity contribution in [1.82, 2.24) is 9.80 Å². The van der Waals surface area contributed by atoms with Gasteiger partial charge in [0.05, 0.1) is 0 Å². The Morgan fingerprint density at radius 1 is 1.08 bits per heavy atom. The Hall–Kier alpha value is -0.0800. The summed E-state index contributed by atoms with van der Waals surface area (Å²) in [5, 5.41) is 0. The lowest BCUT2D eigenvalue weighted by Gasteiger charge is -2.47. The maximum Gasteiger partial charge on any atom is 0.0120 e. The normalized spacial score (nSPS) is 34.8. The fraction of sp³-hybridized carbons (Fsp3) is 1.00. The van der Waals surface area contributed by atoms with E-state index in [-0.39, 0.29) is 0 Å². The van der Waals surface area contributed by atoms with Crippen LogP contribution in [0, 0.1) is 5.41 Å². The topological polar surface area (TPSA) is 6.48 Å². The van der Waals surface area contributed by atoms with E-state index in [1.165, 1.54) is 51.9 Å². The predicted molar refractivity (Wildman–Crippen MR) is 53.8 cm³/mol. The van der Waals surface area contributed by atoms with E-state index in [4.69, 9.17) is 0 Å². The number of likely N-dealkylation sites (tertiary alicyclic amines) is 2. The van der Waals surface area contributed by atoms with Crippen LogP contribution in [0.4, 0.5) is 0 Å². The Bertz CT molecular complexity index is 194. The minimum absolute atomic E-state index is 0.851. The second kappa shape index (κ2) is 2.71. The molecule has 3 fully saturated rings. The van der Waals surface area contributed by atoms with E-state index < -0.39 is 0 Å². The summed E-state index contributed by atoms with van der Waals surface area (Å²) >= 11 is 0. The third kappa shape index (κ3) is 1.40. The highest BCUT2D eigenvalue weighted by Crippen LogP contribution is 2.53. The summed E-state index contributed by atoms with van der Waals surface area (Å²) in [6.45, 7) is 5.49. The van der Waals surface area contributed by atoms with Gasteiger partial charge in [-0.05, 0) is 51.2 Å². The number of nitrogens with zero attached hydrogens (tertiary/aromatic N) is 2. The van der Waals surface area contributed by atoms with Crippen molar-refractivity contribution in [2.45, 2.75) is 31.7 Å². The molecule has 2 aliphatic heterocycles. The molecule has 2 nitrogen and oxygen atoms in total. The molecule has 0 unspecified atom stereocenters. The van der Waals surface area contributed by atoms with Crippen LogP contribution in [-0.4, -0.2) is 49.1 Å². The standard InChI is InChI=1S/C11H20N2/c1-12-6-2-10(3-7-12)13-8-11(9-13)4-5-11/h10H,2-9H2,1H3. The van der Waals surface area contributed by atoms with Gasteiger partial charge in [-0.1, -0.05) is 0 Å². The van der Waals surface area contributed by atoms with Crippen LogP contribution in [0.25, 0.3) is 0 Å².